The lowest BCUT2D eigenvalue weighted by Gasteiger charge is -2.10. The van der Waals surface area contributed by atoms with E-state index in [4.69, 9.17) is 28.6 Å². The molecule has 100 valence electrons. The number of halogens is 2. The van der Waals surface area contributed by atoms with Crippen molar-refractivity contribution >= 4 is 34.6 Å². The number of nitrogens with one attached hydrogen (secondary N) is 2. The standard InChI is InChI=1S/C12H16ClFN2OS/c1-2-17-7-3-6-15-12(18)16-9-4-5-11(14)10(13)8-9/h4-5,8H,2-3,6-7H2,1H3,(H2,15,16,18). The molecule has 0 aromatic heterocycles. The lowest BCUT2D eigenvalue weighted by molar-refractivity contribution is 0.146. The molecular weight excluding hydrogens is 275 g/mol. The molecule has 0 aliphatic carbocycles. The maximum absolute atomic E-state index is 12.9. The molecule has 1 aromatic carbocycles. The van der Waals surface area contributed by atoms with Crippen LogP contribution in [0.25, 0.3) is 0 Å². The molecule has 18 heavy (non-hydrogen) atoms. The van der Waals surface area contributed by atoms with Crippen LogP contribution < -0.4 is 10.6 Å². The molecule has 0 aliphatic heterocycles. The van der Waals surface area contributed by atoms with Gasteiger partial charge in [-0.25, -0.2) is 4.39 Å². The molecule has 0 saturated heterocycles. The van der Waals surface area contributed by atoms with Crippen molar-refractivity contribution in [1.82, 2.24) is 5.32 Å². The van der Waals surface area contributed by atoms with Crippen LogP contribution >= 0.6 is 23.8 Å². The Bertz CT molecular complexity index is 404. The molecular formula is C12H16ClFN2OS. The molecule has 0 bridgehead atoms. The fourth-order valence-corrected chi connectivity index (χ4v) is 1.67. The minimum absolute atomic E-state index is 0.0687. The molecule has 1 rings (SSSR count). The first-order valence-electron chi connectivity index (χ1n) is 5.71. The minimum atomic E-state index is -0.446. The van der Waals surface area contributed by atoms with Gasteiger partial charge in [-0.15, -0.1) is 0 Å². The van der Waals surface area contributed by atoms with E-state index in [1.54, 1.807) is 6.07 Å². The van der Waals surface area contributed by atoms with Crippen LogP contribution in [0.15, 0.2) is 18.2 Å². The zero-order valence-corrected chi connectivity index (χ0v) is 11.7. The Morgan fingerprint density at radius 2 is 2.28 bits per heavy atom. The molecule has 0 amide bonds. The maximum Gasteiger partial charge on any atom is 0.170 e. The molecule has 3 nitrogen and oxygen atoms in total. The van der Waals surface area contributed by atoms with Gasteiger partial charge in [-0.1, -0.05) is 11.6 Å². The SMILES string of the molecule is CCOCCCNC(=S)Nc1ccc(F)c(Cl)c1. The summed E-state index contributed by atoms with van der Waals surface area (Å²) in [5.41, 5.74) is 0.656. The van der Waals surface area contributed by atoms with Crippen LogP contribution in [0.4, 0.5) is 10.1 Å². The molecule has 0 aliphatic rings. The highest BCUT2D eigenvalue weighted by atomic mass is 35.5. The summed E-state index contributed by atoms with van der Waals surface area (Å²) in [6, 6.07) is 4.36. The first kappa shape index (κ1) is 15.1. The summed E-state index contributed by atoms with van der Waals surface area (Å²) in [6.45, 7) is 4.10. The van der Waals surface area contributed by atoms with Gasteiger partial charge in [0.25, 0.3) is 0 Å². The van der Waals surface area contributed by atoms with Gasteiger partial charge >= 0.3 is 0 Å². The van der Waals surface area contributed by atoms with Gasteiger partial charge in [0.15, 0.2) is 5.11 Å². The normalized spacial score (nSPS) is 10.2. The molecule has 0 saturated carbocycles. The molecule has 0 unspecified atom stereocenters. The van der Waals surface area contributed by atoms with Crippen LogP contribution in [0.2, 0.25) is 5.02 Å². The highest BCUT2D eigenvalue weighted by Gasteiger charge is 2.02. The highest BCUT2D eigenvalue weighted by Crippen LogP contribution is 2.19. The number of anilines is 1. The lowest BCUT2D eigenvalue weighted by Crippen LogP contribution is -2.29. The first-order valence-corrected chi connectivity index (χ1v) is 6.49. The van der Waals surface area contributed by atoms with E-state index in [0.29, 0.717) is 17.4 Å². The second kappa shape index (κ2) is 8.24. The number of thiocarbonyl (C=S) groups is 1. The predicted octanol–water partition coefficient (Wildman–Crippen LogP) is 3.19. The number of hydrogen-bond donors (Lipinski definition) is 2. The van der Waals surface area contributed by atoms with E-state index in [1.807, 2.05) is 6.92 Å². The van der Waals surface area contributed by atoms with Gasteiger partial charge in [-0.05, 0) is 43.8 Å². The van der Waals surface area contributed by atoms with E-state index in [9.17, 15) is 4.39 Å². The Morgan fingerprint density at radius 3 is 2.94 bits per heavy atom. The smallest absolute Gasteiger partial charge is 0.170 e. The number of rotatable bonds is 6. The minimum Gasteiger partial charge on any atom is -0.382 e. The monoisotopic (exact) mass is 290 g/mol. The van der Waals surface area contributed by atoms with Crippen LogP contribution in [0.1, 0.15) is 13.3 Å². The van der Waals surface area contributed by atoms with Gasteiger partial charge in [0.1, 0.15) is 5.82 Å². The molecule has 6 heteroatoms. The van der Waals surface area contributed by atoms with E-state index in [-0.39, 0.29) is 5.02 Å². The average molecular weight is 291 g/mol. The Morgan fingerprint density at radius 1 is 1.50 bits per heavy atom. The van der Waals surface area contributed by atoms with Gasteiger partial charge in [0.2, 0.25) is 0 Å². The van der Waals surface area contributed by atoms with Crippen LogP contribution in [0.3, 0.4) is 0 Å². The fourth-order valence-electron chi connectivity index (χ4n) is 1.27. The van der Waals surface area contributed by atoms with Crippen molar-refractivity contribution in [2.75, 3.05) is 25.1 Å². The summed E-state index contributed by atoms with van der Waals surface area (Å²) in [4.78, 5) is 0. The van der Waals surface area contributed by atoms with Crippen LogP contribution in [-0.2, 0) is 4.74 Å². The Hall–Kier alpha value is -0.910. The second-order valence-corrected chi connectivity index (χ2v) is 4.38. The largest absolute Gasteiger partial charge is 0.382 e. The highest BCUT2D eigenvalue weighted by molar-refractivity contribution is 7.80. The summed E-state index contributed by atoms with van der Waals surface area (Å²) in [7, 11) is 0. The van der Waals surface area contributed by atoms with Gasteiger partial charge in [-0.3, -0.25) is 0 Å². The topological polar surface area (TPSA) is 33.3 Å². The summed E-state index contributed by atoms with van der Waals surface area (Å²) in [5, 5.41) is 6.51. The van der Waals surface area contributed by atoms with Crippen molar-refractivity contribution in [2.45, 2.75) is 13.3 Å². The Kier molecular flexibility index (Phi) is 6.93. The van der Waals surface area contributed by atoms with Crippen molar-refractivity contribution in [3.63, 3.8) is 0 Å². The molecule has 2 N–H and O–H groups in total. The molecule has 0 atom stereocenters. The van der Waals surface area contributed by atoms with Crippen LogP contribution in [0.5, 0.6) is 0 Å². The molecule has 0 radical (unpaired) electrons. The van der Waals surface area contributed by atoms with E-state index in [0.717, 1.165) is 19.6 Å². The summed E-state index contributed by atoms with van der Waals surface area (Å²) >= 11 is 10.8. The third-order valence-corrected chi connectivity index (χ3v) is 2.67. The summed E-state index contributed by atoms with van der Waals surface area (Å²) < 4.78 is 18.1. The first-order chi connectivity index (χ1) is 8.63. The molecule has 0 heterocycles. The van der Waals surface area contributed by atoms with Crippen molar-refractivity contribution in [2.24, 2.45) is 0 Å². The van der Waals surface area contributed by atoms with E-state index in [2.05, 4.69) is 10.6 Å². The van der Waals surface area contributed by atoms with Crippen LogP contribution in [0, 0.1) is 5.82 Å². The second-order valence-electron chi connectivity index (χ2n) is 3.56. The fraction of sp³-hybridized carbons (Fsp3) is 0.417. The zero-order chi connectivity index (χ0) is 13.4. The van der Waals surface area contributed by atoms with E-state index < -0.39 is 5.82 Å². The summed E-state index contributed by atoms with van der Waals surface area (Å²) in [6.07, 6.45) is 0.875. The third kappa shape index (κ3) is 5.62. The number of benzene rings is 1. The zero-order valence-electron chi connectivity index (χ0n) is 10.1. The lowest BCUT2D eigenvalue weighted by atomic mass is 10.3. The molecule has 0 spiro atoms. The van der Waals surface area contributed by atoms with Gasteiger partial charge in [0.05, 0.1) is 5.02 Å². The van der Waals surface area contributed by atoms with Gasteiger partial charge < -0.3 is 15.4 Å². The third-order valence-electron chi connectivity index (χ3n) is 2.13. The Labute approximate surface area is 117 Å². The summed E-state index contributed by atoms with van der Waals surface area (Å²) in [5.74, 6) is -0.446. The number of hydrogen-bond acceptors (Lipinski definition) is 2. The van der Waals surface area contributed by atoms with Crippen molar-refractivity contribution in [1.29, 1.82) is 0 Å². The van der Waals surface area contributed by atoms with Crippen molar-refractivity contribution in [3.8, 4) is 0 Å². The van der Waals surface area contributed by atoms with Crippen molar-refractivity contribution in [3.05, 3.63) is 29.0 Å². The van der Waals surface area contributed by atoms with E-state index >= 15 is 0 Å². The van der Waals surface area contributed by atoms with Gasteiger partial charge in [0, 0.05) is 25.4 Å². The van der Waals surface area contributed by atoms with Crippen LogP contribution in [-0.4, -0.2) is 24.9 Å². The predicted molar refractivity (Wildman–Crippen MR) is 76.7 cm³/mol. The average Bonchev–Trinajstić information content (AvgIpc) is 2.34. The van der Waals surface area contributed by atoms with E-state index in [1.165, 1.54) is 12.1 Å². The quantitative estimate of drug-likeness (QED) is 0.623. The van der Waals surface area contributed by atoms with Crippen molar-refractivity contribution < 1.29 is 9.13 Å². The number of ether oxygens (including phenoxy) is 1. The van der Waals surface area contributed by atoms with Gasteiger partial charge in [-0.2, -0.15) is 0 Å². The molecule has 1 aromatic rings. The maximum atomic E-state index is 12.9. The molecule has 0 fully saturated rings. The Balaban J connectivity index is 2.29.